The Morgan fingerprint density at radius 1 is 0.857 bits per heavy atom. The number of anilines is 2. The molecular formula is C28H26N2O4S. The summed E-state index contributed by atoms with van der Waals surface area (Å²) in [4.78, 5) is 30.6. The first-order valence-electron chi connectivity index (χ1n) is 11.2. The number of phenolic OH excluding ortho intramolecular Hbond substituents is 1. The minimum atomic E-state index is -1.28. The highest BCUT2D eigenvalue weighted by atomic mass is 32.1. The average Bonchev–Trinajstić information content (AvgIpc) is 2.81. The average molecular weight is 487 g/mol. The molecule has 1 atom stereocenters. The number of hydrogen-bond acceptors (Lipinski definition) is 5. The van der Waals surface area contributed by atoms with E-state index in [1.807, 2.05) is 38.1 Å². The van der Waals surface area contributed by atoms with E-state index in [-0.39, 0.29) is 16.6 Å². The summed E-state index contributed by atoms with van der Waals surface area (Å²) in [6.07, 6.45) is 1.42. The monoisotopic (exact) mass is 486 g/mol. The number of hydrogen-bond donors (Lipinski definition) is 2. The van der Waals surface area contributed by atoms with Crippen LogP contribution >= 0.6 is 12.2 Å². The number of nitrogens with zero attached hydrogens (tertiary/aromatic N) is 2. The maximum atomic E-state index is 14.0. The van der Waals surface area contributed by atoms with E-state index >= 15 is 0 Å². The van der Waals surface area contributed by atoms with Crippen LogP contribution in [-0.2, 0) is 9.59 Å². The number of aliphatic hydroxyl groups excluding tert-OH is 1. The van der Waals surface area contributed by atoms with Crippen LogP contribution in [0.2, 0.25) is 0 Å². The normalized spacial score (nSPS) is 16.1. The van der Waals surface area contributed by atoms with Crippen molar-refractivity contribution < 1.29 is 19.8 Å². The van der Waals surface area contributed by atoms with Crippen molar-refractivity contribution in [3.05, 3.63) is 101 Å². The van der Waals surface area contributed by atoms with Crippen molar-refractivity contribution in [3.63, 3.8) is 0 Å². The van der Waals surface area contributed by atoms with Gasteiger partial charge >= 0.3 is 0 Å². The molecule has 1 aliphatic heterocycles. The number of benzene rings is 3. The van der Waals surface area contributed by atoms with Crippen LogP contribution in [0.3, 0.4) is 0 Å². The Balaban J connectivity index is 1.92. The number of allylic oxidation sites excluding steroid dienone is 2. The molecule has 0 aromatic heterocycles. The van der Waals surface area contributed by atoms with E-state index in [9.17, 15) is 19.8 Å². The molecule has 1 heterocycles. The van der Waals surface area contributed by atoms with E-state index in [0.717, 1.165) is 11.1 Å². The Hall–Kier alpha value is -3.97. The smallest absolute Gasteiger partial charge is 0.246 e. The number of aryl methyl sites for hydroxylation is 2. The van der Waals surface area contributed by atoms with Crippen molar-refractivity contribution in [1.82, 2.24) is 0 Å². The topological polar surface area (TPSA) is 81.1 Å². The van der Waals surface area contributed by atoms with E-state index in [4.69, 9.17) is 12.2 Å². The van der Waals surface area contributed by atoms with Crippen LogP contribution in [0.15, 0.2) is 84.6 Å². The number of rotatable bonds is 5. The minimum Gasteiger partial charge on any atom is -0.513 e. The van der Waals surface area contributed by atoms with Gasteiger partial charge in [-0.2, -0.15) is 0 Å². The van der Waals surface area contributed by atoms with Crippen molar-refractivity contribution in [2.75, 3.05) is 9.80 Å². The van der Waals surface area contributed by atoms with Gasteiger partial charge in [-0.15, -0.1) is 0 Å². The molecule has 35 heavy (non-hydrogen) atoms. The van der Waals surface area contributed by atoms with Gasteiger partial charge in [-0.25, -0.2) is 0 Å². The lowest BCUT2D eigenvalue weighted by atomic mass is 9.81. The Labute approximate surface area is 209 Å². The Morgan fingerprint density at radius 2 is 1.31 bits per heavy atom. The maximum Gasteiger partial charge on any atom is 0.246 e. The third-order valence-electron chi connectivity index (χ3n) is 6.02. The molecular weight excluding hydrogens is 460 g/mol. The van der Waals surface area contributed by atoms with Crippen LogP contribution in [0.1, 0.15) is 29.5 Å². The van der Waals surface area contributed by atoms with Gasteiger partial charge in [0.15, 0.2) is 5.11 Å². The molecule has 1 fully saturated rings. The predicted molar refractivity (Wildman–Crippen MR) is 141 cm³/mol. The van der Waals surface area contributed by atoms with Crippen molar-refractivity contribution in [2.24, 2.45) is 5.92 Å². The number of carbonyl (C=O) groups excluding carboxylic acids is 2. The first kappa shape index (κ1) is 24.2. The largest absolute Gasteiger partial charge is 0.513 e. The SMILES string of the molecule is C/C(O)=C/C(c1ccccc1O)C1C(=O)N(c2ccc(C)cc2)C(=S)N(c2ccc(C)cc2)C1=O. The zero-order valence-electron chi connectivity index (χ0n) is 19.7. The van der Waals surface area contributed by atoms with Gasteiger partial charge in [0.1, 0.15) is 11.7 Å². The Kier molecular flexibility index (Phi) is 6.71. The van der Waals surface area contributed by atoms with Gasteiger partial charge in [0.2, 0.25) is 11.8 Å². The zero-order valence-corrected chi connectivity index (χ0v) is 20.5. The summed E-state index contributed by atoms with van der Waals surface area (Å²) in [7, 11) is 0. The highest BCUT2D eigenvalue weighted by Gasteiger charge is 2.49. The quantitative estimate of drug-likeness (QED) is 0.281. The number of aliphatic hydroxyl groups is 1. The first-order valence-corrected chi connectivity index (χ1v) is 11.6. The summed E-state index contributed by atoms with van der Waals surface area (Å²) in [5, 5.41) is 20.8. The fourth-order valence-corrected chi connectivity index (χ4v) is 4.63. The second kappa shape index (κ2) is 9.72. The molecule has 0 aliphatic carbocycles. The summed E-state index contributed by atoms with van der Waals surface area (Å²) in [6, 6.07) is 21.1. The number of para-hydroxylation sites is 1. The van der Waals surface area contributed by atoms with Crippen molar-refractivity contribution >= 4 is 40.5 Å². The van der Waals surface area contributed by atoms with E-state index in [1.165, 1.54) is 28.9 Å². The first-order chi connectivity index (χ1) is 16.7. The molecule has 3 aromatic carbocycles. The second-order valence-electron chi connectivity index (χ2n) is 8.67. The number of amides is 2. The molecule has 7 heteroatoms. The van der Waals surface area contributed by atoms with Crippen molar-refractivity contribution in [3.8, 4) is 5.75 Å². The predicted octanol–water partition coefficient (Wildman–Crippen LogP) is 5.54. The van der Waals surface area contributed by atoms with Gasteiger partial charge in [0.05, 0.1) is 17.1 Å². The summed E-state index contributed by atoms with van der Waals surface area (Å²) in [5.74, 6) is -3.41. The number of thiocarbonyl (C=S) groups is 1. The fourth-order valence-electron chi connectivity index (χ4n) is 4.24. The third-order valence-corrected chi connectivity index (χ3v) is 6.38. The van der Waals surface area contributed by atoms with Crippen molar-refractivity contribution in [1.29, 1.82) is 0 Å². The van der Waals surface area contributed by atoms with E-state index in [1.54, 1.807) is 42.5 Å². The summed E-state index contributed by atoms with van der Waals surface area (Å²) in [6.45, 7) is 5.34. The van der Waals surface area contributed by atoms with Crippen LogP contribution in [0.25, 0.3) is 0 Å². The number of carbonyl (C=O) groups is 2. The molecule has 1 aliphatic rings. The number of aromatic hydroxyl groups is 1. The molecule has 4 rings (SSSR count). The Bertz CT molecular complexity index is 1240. The molecule has 1 saturated heterocycles. The van der Waals surface area contributed by atoms with Gasteiger partial charge in [-0.05, 0) is 69.4 Å². The van der Waals surface area contributed by atoms with Gasteiger partial charge < -0.3 is 10.2 Å². The van der Waals surface area contributed by atoms with Crippen LogP contribution in [0.5, 0.6) is 5.75 Å². The summed E-state index contributed by atoms with van der Waals surface area (Å²) >= 11 is 5.70. The minimum absolute atomic E-state index is 0.0460. The van der Waals surface area contributed by atoms with Gasteiger partial charge in [0.25, 0.3) is 0 Å². The summed E-state index contributed by atoms with van der Waals surface area (Å²) < 4.78 is 0. The van der Waals surface area contributed by atoms with E-state index in [2.05, 4.69) is 0 Å². The van der Waals surface area contributed by atoms with E-state index < -0.39 is 23.7 Å². The van der Waals surface area contributed by atoms with Crippen LogP contribution in [0, 0.1) is 19.8 Å². The molecule has 0 spiro atoms. The van der Waals surface area contributed by atoms with Crippen molar-refractivity contribution in [2.45, 2.75) is 26.7 Å². The molecule has 178 valence electrons. The highest BCUT2D eigenvalue weighted by molar-refractivity contribution is 7.81. The molecule has 0 radical (unpaired) electrons. The number of phenols is 1. The molecule has 2 amide bonds. The molecule has 2 N–H and O–H groups in total. The maximum absolute atomic E-state index is 14.0. The van der Waals surface area contributed by atoms with Gasteiger partial charge in [-0.1, -0.05) is 53.6 Å². The second-order valence-corrected chi connectivity index (χ2v) is 9.04. The van der Waals surface area contributed by atoms with E-state index in [0.29, 0.717) is 16.9 Å². The molecule has 0 saturated carbocycles. The molecule has 6 nitrogen and oxygen atoms in total. The molecule has 0 bridgehead atoms. The highest BCUT2D eigenvalue weighted by Crippen LogP contribution is 2.40. The van der Waals surface area contributed by atoms with Crippen LogP contribution in [0.4, 0.5) is 11.4 Å². The molecule has 3 aromatic rings. The van der Waals surface area contributed by atoms with Gasteiger partial charge in [-0.3, -0.25) is 19.4 Å². The zero-order chi connectivity index (χ0) is 25.3. The molecule has 1 unspecified atom stereocenters. The third kappa shape index (κ3) is 4.68. The lowest BCUT2D eigenvalue weighted by molar-refractivity contribution is -0.132. The standard InChI is InChI=1S/C28H26N2O4S/c1-17-8-12-20(13-9-17)29-26(33)25(23(16-19(3)31)22-6-4-5-7-24(22)32)27(34)30(28(29)35)21-14-10-18(2)11-15-21/h4-16,23,25,31-32H,1-3H3/b19-16-. The lowest BCUT2D eigenvalue weighted by Crippen LogP contribution is -2.61. The van der Waals surface area contributed by atoms with Gasteiger partial charge in [0, 0.05) is 11.5 Å². The fraction of sp³-hybridized carbons (Fsp3) is 0.179. The Morgan fingerprint density at radius 3 is 1.74 bits per heavy atom. The van der Waals surface area contributed by atoms with Crippen LogP contribution < -0.4 is 9.80 Å². The summed E-state index contributed by atoms with van der Waals surface area (Å²) in [5.41, 5.74) is 3.44. The lowest BCUT2D eigenvalue weighted by Gasteiger charge is -2.41. The van der Waals surface area contributed by atoms with Crippen LogP contribution in [-0.4, -0.2) is 27.1 Å².